The molecule has 0 aromatic heterocycles. The van der Waals surface area contributed by atoms with E-state index in [1.807, 2.05) is 0 Å². The van der Waals surface area contributed by atoms with Gasteiger partial charge in [-0.2, -0.15) is 8.78 Å². The molecular formula is C28H26F4O3. The van der Waals surface area contributed by atoms with Crippen LogP contribution in [0.25, 0.3) is 11.1 Å². The summed E-state index contributed by atoms with van der Waals surface area (Å²) in [5.41, 5.74) is 0.666. The lowest BCUT2D eigenvalue weighted by molar-refractivity contribution is 0.0726. The number of halogens is 4. The third-order valence-electron chi connectivity index (χ3n) is 6.84. The highest BCUT2D eigenvalue weighted by atomic mass is 19.2. The number of carbonyl (C=O) groups is 1. The second-order valence-electron chi connectivity index (χ2n) is 8.82. The molecule has 0 radical (unpaired) electrons. The van der Waals surface area contributed by atoms with Gasteiger partial charge in [-0.15, -0.1) is 0 Å². The first-order valence-electron chi connectivity index (χ1n) is 11.7. The quantitative estimate of drug-likeness (QED) is 0.202. The number of esters is 1. The summed E-state index contributed by atoms with van der Waals surface area (Å²) in [6.07, 6.45) is 4.67. The van der Waals surface area contributed by atoms with Gasteiger partial charge in [-0.1, -0.05) is 31.5 Å². The van der Waals surface area contributed by atoms with Gasteiger partial charge in [0.25, 0.3) is 0 Å². The number of hydrogen-bond donors (Lipinski definition) is 0. The average molecular weight is 487 g/mol. The van der Waals surface area contributed by atoms with Crippen molar-refractivity contribution in [2.75, 3.05) is 7.11 Å². The Bertz CT molecular complexity index is 1220. The van der Waals surface area contributed by atoms with Crippen LogP contribution in [0, 0.1) is 29.2 Å². The smallest absolute Gasteiger partial charge is 0.343 e. The van der Waals surface area contributed by atoms with Gasteiger partial charge >= 0.3 is 5.97 Å². The van der Waals surface area contributed by atoms with Gasteiger partial charge in [-0.3, -0.25) is 0 Å². The summed E-state index contributed by atoms with van der Waals surface area (Å²) in [7, 11) is 1.23. The summed E-state index contributed by atoms with van der Waals surface area (Å²) in [5, 5.41) is 0. The minimum Gasteiger partial charge on any atom is -0.494 e. The van der Waals surface area contributed by atoms with Crippen LogP contribution in [0.5, 0.6) is 11.5 Å². The summed E-state index contributed by atoms with van der Waals surface area (Å²) in [4.78, 5) is 12.5. The Morgan fingerprint density at radius 3 is 2.06 bits per heavy atom. The van der Waals surface area contributed by atoms with Crippen molar-refractivity contribution in [3.05, 3.63) is 82.9 Å². The lowest BCUT2D eigenvalue weighted by Crippen LogP contribution is -2.15. The Morgan fingerprint density at radius 2 is 1.43 bits per heavy atom. The van der Waals surface area contributed by atoms with E-state index in [4.69, 9.17) is 9.47 Å². The summed E-state index contributed by atoms with van der Waals surface area (Å²) < 4.78 is 67.7. The number of ether oxygens (including phenoxy) is 2. The molecule has 1 fully saturated rings. The van der Waals surface area contributed by atoms with E-state index in [1.54, 1.807) is 0 Å². The zero-order valence-electron chi connectivity index (χ0n) is 19.5. The molecule has 0 bridgehead atoms. The minimum absolute atomic E-state index is 0.0140. The Morgan fingerprint density at radius 1 is 0.800 bits per heavy atom. The van der Waals surface area contributed by atoms with Crippen LogP contribution < -0.4 is 9.47 Å². The molecule has 0 atom stereocenters. The predicted octanol–water partition coefficient (Wildman–Crippen LogP) is 7.82. The maximum absolute atomic E-state index is 14.8. The highest BCUT2D eigenvalue weighted by Crippen LogP contribution is 2.39. The fraction of sp³-hybridized carbons (Fsp3) is 0.321. The second kappa shape index (κ2) is 10.5. The molecule has 3 aromatic rings. The number of benzene rings is 3. The van der Waals surface area contributed by atoms with E-state index in [0.29, 0.717) is 17.0 Å². The third-order valence-corrected chi connectivity index (χ3v) is 6.84. The molecular weight excluding hydrogens is 460 g/mol. The highest BCUT2D eigenvalue weighted by Gasteiger charge is 2.27. The average Bonchev–Trinajstić information content (AvgIpc) is 2.88. The summed E-state index contributed by atoms with van der Waals surface area (Å²) in [6, 6.07) is 10.9. The first-order chi connectivity index (χ1) is 16.8. The largest absolute Gasteiger partial charge is 0.494 e. The van der Waals surface area contributed by atoms with E-state index >= 15 is 0 Å². The van der Waals surface area contributed by atoms with Gasteiger partial charge in [0.05, 0.1) is 12.7 Å². The zero-order chi connectivity index (χ0) is 25.1. The van der Waals surface area contributed by atoms with Crippen LogP contribution in [0.3, 0.4) is 0 Å². The molecule has 0 N–H and O–H groups in total. The van der Waals surface area contributed by atoms with Crippen molar-refractivity contribution in [1.82, 2.24) is 0 Å². The van der Waals surface area contributed by atoms with Crippen LogP contribution in [0.15, 0.2) is 48.5 Å². The van der Waals surface area contributed by atoms with Crippen molar-refractivity contribution < 1.29 is 31.8 Å². The van der Waals surface area contributed by atoms with Crippen molar-refractivity contribution >= 4 is 5.97 Å². The molecule has 0 unspecified atom stereocenters. The summed E-state index contributed by atoms with van der Waals surface area (Å²) in [6.45, 7) is 2.14. The molecule has 0 amide bonds. The van der Waals surface area contributed by atoms with Gasteiger partial charge in [-0.25, -0.2) is 13.6 Å². The molecule has 1 aliphatic rings. The predicted molar refractivity (Wildman–Crippen MR) is 125 cm³/mol. The molecule has 35 heavy (non-hydrogen) atoms. The van der Waals surface area contributed by atoms with Crippen LogP contribution in [-0.4, -0.2) is 13.1 Å². The molecule has 7 heteroatoms. The molecule has 0 saturated heterocycles. The fourth-order valence-electron chi connectivity index (χ4n) is 4.68. The molecule has 3 aromatic carbocycles. The Hall–Kier alpha value is -3.35. The maximum Gasteiger partial charge on any atom is 0.343 e. The number of hydrogen-bond acceptors (Lipinski definition) is 3. The Kier molecular flexibility index (Phi) is 7.43. The van der Waals surface area contributed by atoms with E-state index in [1.165, 1.54) is 55.6 Å². The second-order valence-corrected chi connectivity index (χ2v) is 8.82. The highest BCUT2D eigenvalue weighted by molar-refractivity contribution is 5.91. The number of carbonyl (C=O) groups excluding carboxylic acids is 1. The number of methoxy groups -OCH3 is 1. The van der Waals surface area contributed by atoms with E-state index in [2.05, 4.69) is 6.92 Å². The van der Waals surface area contributed by atoms with Gasteiger partial charge in [0.1, 0.15) is 0 Å². The fourth-order valence-corrected chi connectivity index (χ4v) is 4.68. The molecule has 1 saturated carbocycles. The molecule has 0 aliphatic heterocycles. The molecule has 4 rings (SSSR count). The number of rotatable bonds is 6. The molecule has 3 nitrogen and oxygen atoms in total. The first kappa shape index (κ1) is 24.8. The van der Waals surface area contributed by atoms with Gasteiger partial charge in [0.2, 0.25) is 11.6 Å². The van der Waals surface area contributed by atoms with Gasteiger partial charge in [0.15, 0.2) is 23.1 Å². The normalized spacial score (nSPS) is 17.8. The van der Waals surface area contributed by atoms with Crippen molar-refractivity contribution in [2.45, 2.75) is 44.9 Å². The Labute approximate surface area is 201 Å². The lowest BCUT2D eigenvalue weighted by Gasteiger charge is -2.28. The topological polar surface area (TPSA) is 35.5 Å². The minimum atomic E-state index is -1.19. The van der Waals surface area contributed by atoms with Crippen LogP contribution in [0.1, 0.15) is 60.9 Å². The van der Waals surface area contributed by atoms with Crippen molar-refractivity contribution in [3.63, 3.8) is 0 Å². The van der Waals surface area contributed by atoms with Crippen molar-refractivity contribution in [2.24, 2.45) is 5.92 Å². The van der Waals surface area contributed by atoms with Crippen LogP contribution in [0.2, 0.25) is 0 Å². The van der Waals surface area contributed by atoms with E-state index < -0.39 is 35.0 Å². The lowest BCUT2D eigenvalue weighted by atomic mass is 9.77. The first-order valence-corrected chi connectivity index (χ1v) is 11.7. The van der Waals surface area contributed by atoms with E-state index in [9.17, 15) is 22.4 Å². The van der Waals surface area contributed by atoms with Crippen molar-refractivity contribution in [3.8, 4) is 22.6 Å². The molecule has 1 aliphatic carbocycles. The summed E-state index contributed by atoms with van der Waals surface area (Å²) >= 11 is 0. The monoisotopic (exact) mass is 486 g/mol. The van der Waals surface area contributed by atoms with Crippen LogP contribution in [0.4, 0.5) is 17.6 Å². The third kappa shape index (κ3) is 5.04. The molecule has 0 spiro atoms. The summed E-state index contributed by atoms with van der Waals surface area (Å²) in [5.74, 6) is -5.41. The van der Waals surface area contributed by atoms with Crippen molar-refractivity contribution in [1.29, 1.82) is 0 Å². The molecule has 184 valence electrons. The molecule has 0 heterocycles. The van der Waals surface area contributed by atoms with E-state index in [0.717, 1.165) is 32.1 Å². The SMILES string of the molecule is CCC1CCC(c2ccc(OC(=O)c3ccc(-c4ccc(OC)c(F)c4F)cc3)c(F)c2F)CC1. The van der Waals surface area contributed by atoms with Gasteiger partial charge in [0, 0.05) is 5.56 Å². The maximum atomic E-state index is 14.8. The van der Waals surface area contributed by atoms with Gasteiger partial charge in [-0.05, 0) is 79.0 Å². The Balaban J connectivity index is 1.48. The van der Waals surface area contributed by atoms with Crippen LogP contribution in [-0.2, 0) is 0 Å². The van der Waals surface area contributed by atoms with Crippen LogP contribution >= 0.6 is 0 Å². The zero-order valence-corrected chi connectivity index (χ0v) is 19.5. The standard InChI is InChI=1S/C28H26F4O3/c1-3-16-4-6-17(7-5-16)21-13-15-23(27(32)25(21)30)35-28(33)19-10-8-18(9-11-19)20-12-14-22(34-2)26(31)24(20)29/h8-17H,3-7H2,1-2H3. The van der Waals surface area contributed by atoms with Gasteiger partial charge < -0.3 is 9.47 Å². The van der Waals surface area contributed by atoms with E-state index in [-0.39, 0.29) is 22.8 Å².